The summed E-state index contributed by atoms with van der Waals surface area (Å²) in [5.41, 5.74) is 7.35. The minimum Gasteiger partial charge on any atom is -0.399 e. The SMILES string of the molecule is CCCC(COC)Nc1cc(N)cc(S(N)(=O)=O)c1C. The van der Waals surface area contributed by atoms with Gasteiger partial charge in [-0.3, -0.25) is 0 Å². The fraction of sp³-hybridized carbons (Fsp3) is 0.538. The van der Waals surface area contributed by atoms with Crippen molar-refractivity contribution in [2.75, 3.05) is 24.8 Å². The van der Waals surface area contributed by atoms with E-state index in [0.717, 1.165) is 12.8 Å². The molecule has 1 atom stereocenters. The highest BCUT2D eigenvalue weighted by Gasteiger charge is 2.17. The van der Waals surface area contributed by atoms with Crippen LogP contribution < -0.4 is 16.2 Å². The van der Waals surface area contributed by atoms with Crippen LogP contribution in [0.5, 0.6) is 0 Å². The van der Waals surface area contributed by atoms with Crippen LogP contribution in [-0.2, 0) is 14.8 Å². The Balaban J connectivity index is 3.15. The molecular weight excluding hydrogens is 278 g/mol. The van der Waals surface area contributed by atoms with E-state index in [1.807, 2.05) is 0 Å². The van der Waals surface area contributed by atoms with E-state index in [-0.39, 0.29) is 10.9 Å². The molecule has 0 aliphatic heterocycles. The van der Waals surface area contributed by atoms with E-state index < -0.39 is 10.0 Å². The molecule has 0 radical (unpaired) electrons. The molecule has 5 N–H and O–H groups in total. The minimum absolute atomic E-state index is 0.0488. The van der Waals surface area contributed by atoms with Gasteiger partial charge in [0.25, 0.3) is 0 Å². The first-order valence-corrected chi connectivity index (χ1v) is 8.02. The van der Waals surface area contributed by atoms with Gasteiger partial charge in [-0.2, -0.15) is 0 Å². The van der Waals surface area contributed by atoms with E-state index >= 15 is 0 Å². The average molecular weight is 301 g/mol. The van der Waals surface area contributed by atoms with Crippen molar-refractivity contribution in [1.29, 1.82) is 0 Å². The second-order valence-corrected chi connectivity index (χ2v) is 6.35. The predicted molar refractivity (Wildman–Crippen MR) is 81.2 cm³/mol. The Hall–Kier alpha value is -1.31. The zero-order valence-electron chi connectivity index (χ0n) is 12.1. The van der Waals surface area contributed by atoms with Crippen LogP contribution in [0.25, 0.3) is 0 Å². The Bertz CT molecular complexity index is 552. The van der Waals surface area contributed by atoms with E-state index in [9.17, 15) is 8.42 Å². The number of methoxy groups -OCH3 is 1. The molecule has 7 heteroatoms. The Morgan fingerprint density at radius 3 is 2.55 bits per heavy atom. The summed E-state index contributed by atoms with van der Waals surface area (Å²) in [7, 11) is -2.16. The highest BCUT2D eigenvalue weighted by molar-refractivity contribution is 7.89. The lowest BCUT2D eigenvalue weighted by molar-refractivity contribution is 0.182. The molecule has 0 amide bonds. The van der Waals surface area contributed by atoms with Gasteiger partial charge >= 0.3 is 0 Å². The fourth-order valence-corrected chi connectivity index (χ4v) is 2.96. The standard InChI is InChI=1S/C13H23N3O3S/c1-4-5-11(8-19-3)16-12-6-10(14)7-13(9(12)2)20(15,17)18/h6-7,11,16H,4-5,8,14H2,1-3H3,(H2,15,17,18). The highest BCUT2D eigenvalue weighted by atomic mass is 32.2. The van der Waals surface area contributed by atoms with Gasteiger partial charge in [0, 0.05) is 24.5 Å². The van der Waals surface area contributed by atoms with Crippen LogP contribution in [0.15, 0.2) is 17.0 Å². The summed E-state index contributed by atoms with van der Waals surface area (Å²) in [6, 6.07) is 3.18. The number of hydrogen-bond donors (Lipinski definition) is 3. The zero-order valence-corrected chi connectivity index (χ0v) is 13.0. The van der Waals surface area contributed by atoms with Crippen molar-refractivity contribution in [3.05, 3.63) is 17.7 Å². The lowest BCUT2D eigenvalue weighted by Gasteiger charge is -2.21. The molecule has 1 aromatic carbocycles. The summed E-state index contributed by atoms with van der Waals surface area (Å²) in [4.78, 5) is 0.0488. The van der Waals surface area contributed by atoms with Crippen molar-refractivity contribution < 1.29 is 13.2 Å². The van der Waals surface area contributed by atoms with Crippen molar-refractivity contribution >= 4 is 21.4 Å². The Morgan fingerprint density at radius 2 is 2.05 bits per heavy atom. The maximum absolute atomic E-state index is 11.6. The zero-order chi connectivity index (χ0) is 15.3. The first-order valence-electron chi connectivity index (χ1n) is 6.48. The third-order valence-corrected chi connectivity index (χ3v) is 4.09. The van der Waals surface area contributed by atoms with Crippen molar-refractivity contribution in [1.82, 2.24) is 0 Å². The van der Waals surface area contributed by atoms with E-state index in [1.165, 1.54) is 6.07 Å². The number of nitrogens with two attached hydrogens (primary N) is 2. The molecule has 114 valence electrons. The molecule has 0 aliphatic rings. The molecular formula is C13H23N3O3S. The van der Waals surface area contributed by atoms with Gasteiger partial charge < -0.3 is 15.8 Å². The summed E-state index contributed by atoms with van der Waals surface area (Å²) < 4.78 is 28.3. The van der Waals surface area contributed by atoms with Crippen LogP contribution in [0.1, 0.15) is 25.3 Å². The molecule has 0 fully saturated rings. The molecule has 1 rings (SSSR count). The van der Waals surface area contributed by atoms with Crippen LogP contribution in [0.3, 0.4) is 0 Å². The van der Waals surface area contributed by atoms with Crippen molar-refractivity contribution in [3.63, 3.8) is 0 Å². The van der Waals surface area contributed by atoms with Gasteiger partial charge in [-0.1, -0.05) is 13.3 Å². The number of ether oxygens (including phenoxy) is 1. The quantitative estimate of drug-likeness (QED) is 0.661. The number of sulfonamides is 1. The molecule has 0 bridgehead atoms. The summed E-state index contributed by atoms with van der Waals surface area (Å²) in [6.45, 7) is 4.32. The monoisotopic (exact) mass is 301 g/mol. The topological polar surface area (TPSA) is 107 Å². The third-order valence-electron chi connectivity index (χ3n) is 3.05. The van der Waals surface area contributed by atoms with Crippen LogP contribution in [0, 0.1) is 6.92 Å². The van der Waals surface area contributed by atoms with Crippen molar-refractivity contribution in [2.24, 2.45) is 5.14 Å². The number of benzene rings is 1. The molecule has 0 saturated heterocycles. The highest BCUT2D eigenvalue weighted by Crippen LogP contribution is 2.27. The first kappa shape index (κ1) is 16.7. The molecule has 0 heterocycles. The number of rotatable bonds is 7. The van der Waals surface area contributed by atoms with Crippen LogP contribution in [-0.4, -0.2) is 28.2 Å². The molecule has 6 nitrogen and oxygen atoms in total. The Labute approximate surface area is 120 Å². The largest absolute Gasteiger partial charge is 0.399 e. The van der Waals surface area contributed by atoms with Gasteiger partial charge in [-0.15, -0.1) is 0 Å². The van der Waals surface area contributed by atoms with Crippen LogP contribution in [0.2, 0.25) is 0 Å². The van der Waals surface area contributed by atoms with E-state index in [1.54, 1.807) is 20.1 Å². The van der Waals surface area contributed by atoms with Gasteiger partial charge in [-0.25, -0.2) is 13.6 Å². The molecule has 0 aromatic heterocycles. The number of anilines is 2. The second kappa shape index (κ2) is 6.92. The first-order chi connectivity index (χ1) is 9.29. The average Bonchev–Trinajstić information content (AvgIpc) is 2.32. The second-order valence-electron chi connectivity index (χ2n) is 4.82. The van der Waals surface area contributed by atoms with E-state index in [0.29, 0.717) is 23.5 Å². The summed E-state index contributed by atoms with van der Waals surface area (Å²) in [5, 5.41) is 8.49. The Morgan fingerprint density at radius 1 is 1.40 bits per heavy atom. The minimum atomic E-state index is -3.79. The maximum atomic E-state index is 11.6. The van der Waals surface area contributed by atoms with E-state index in [4.69, 9.17) is 15.6 Å². The third kappa shape index (κ3) is 4.36. The normalized spacial score (nSPS) is 13.2. The van der Waals surface area contributed by atoms with Gasteiger partial charge in [0.1, 0.15) is 0 Å². The molecule has 1 unspecified atom stereocenters. The fourth-order valence-electron chi connectivity index (χ4n) is 2.12. The predicted octanol–water partition coefficient (Wildman–Crippen LogP) is 1.45. The molecule has 0 spiro atoms. The summed E-state index contributed by atoms with van der Waals surface area (Å²) >= 11 is 0. The van der Waals surface area contributed by atoms with E-state index in [2.05, 4.69) is 12.2 Å². The van der Waals surface area contributed by atoms with Gasteiger partial charge in [0.15, 0.2) is 0 Å². The summed E-state index contributed by atoms with van der Waals surface area (Å²) in [5.74, 6) is 0. The lowest BCUT2D eigenvalue weighted by Crippen LogP contribution is -2.26. The summed E-state index contributed by atoms with van der Waals surface area (Å²) in [6.07, 6.45) is 1.90. The number of nitrogens with one attached hydrogen (secondary N) is 1. The van der Waals surface area contributed by atoms with Crippen molar-refractivity contribution in [2.45, 2.75) is 37.6 Å². The maximum Gasteiger partial charge on any atom is 0.238 e. The van der Waals surface area contributed by atoms with Gasteiger partial charge in [-0.05, 0) is 31.0 Å². The van der Waals surface area contributed by atoms with Gasteiger partial charge in [0.05, 0.1) is 11.5 Å². The Kier molecular flexibility index (Phi) is 5.79. The number of primary sulfonamides is 1. The smallest absolute Gasteiger partial charge is 0.238 e. The van der Waals surface area contributed by atoms with Crippen LogP contribution >= 0.6 is 0 Å². The molecule has 20 heavy (non-hydrogen) atoms. The number of hydrogen-bond acceptors (Lipinski definition) is 5. The lowest BCUT2D eigenvalue weighted by atomic mass is 10.1. The molecule has 0 saturated carbocycles. The number of nitrogen functional groups attached to an aromatic ring is 1. The van der Waals surface area contributed by atoms with Crippen molar-refractivity contribution in [3.8, 4) is 0 Å². The molecule has 1 aromatic rings. The van der Waals surface area contributed by atoms with Crippen LogP contribution in [0.4, 0.5) is 11.4 Å². The van der Waals surface area contributed by atoms with Gasteiger partial charge in [0.2, 0.25) is 10.0 Å². The molecule has 0 aliphatic carbocycles.